The van der Waals surface area contributed by atoms with Crippen LogP contribution in [0.15, 0.2) is 24.3 Å². The average Bonchev–Trinajstić information content (AvgIpc) is 2.63. The van der Waals surface area contributed by atoms with E-state index in [0.29, 0.717) is 18.7 Å². The lowest BCUT2D eigenvalue weighted by atomic mass is 10.1. The standard InChI is InChI=1S/C19H26N2O4/c22-18(23)12-17-14-25-11-10-21(17)19(24)16-6-4-15(5-7-16)13-20-8-2-1-3-9-20/h4-7,17H,1-3,8-14H2,(H,22,23)/t17-/m1/s1. The zero-order valence-electron chi connectivity index (χ0n) is 14.5. The molecule has 0 radical (unpaired) electrons. The van der Waals surface area contributed by atoms with Gasteiger partial charge >= 0.3 is 5.97 Å². The molecule has 6 nitrogen and oxygen atoms in total. The van der Waals surface area contributed by atoms with Gasteiger partial charge in [-0.2, -0.15) is 0 Å². The summed E-state index contributed by atoms with van der Waals surface area (Å²) in [5.74, 6) is -1.02. The Morgan fingerprint density at radius 3 is 2.48 bits per heavy atom. The maximum absolute atomic E-state index is 12.8. The molecule has 1 aromatic carbocycles. The Labute approximate surface area is 148 Å². The molecule has 1 N–H and O–H groups in total. The van der Waals surface area contributed by atoms with E-state index in [9.17, 15) is 9.59 Å². The monoisotopic (exact) mass is 346 g/mol. The number of amides is 1. The van der Waals surface area contributed by atoms with Gasteiger partial charge in [-0.15, -0.1) is 0 Å². The van der Waals surface area contributed by atoms with E-state index < -0.39 is 12.0 Å². The van der Waals surface area contributed by atoms with E-state index in [-0.39, 0.29) is 18.9 Å². The van der Waals surface area contributed by atoms with Crippen LogP contribution in [-0.2, 0) is 16.1 Å². The summed E-state index contributed by atoms with van der Waals surface area (Å²) < 4.78 is 5.34. The molecule has 2 fully saturated rings. The van der Waals surface area contributed by atoms with Crippen LogP contribution in [0.1, 0.15) is 41.6 Å². The van der Waals surface area contributed by atoms with Crippen LogP contribution in [0.3, 0.4) is 0 Å². The normalized spacial score (nSPS) is 21.9. The van der Waals surface area contributed by atoms with E-state index in [1.54, 1.807) is 4.90 Å². The molecular weight excluding hydrogens is 320 g/mol. The van der Waals surface area contributed by atoms with Crippen molar-refractivity contribution in [3.8, 4) is 0 Å². The number of benzene rings is 1. The molecule has 1 aromatic rings. The maximum atomic E-state index is 12.8. The fourth-order valence-corrected chi connectivity index (χ4v) is 3.59. The fraction of sp³-hybridized carbons (Fsp3) is 0.579. The summed E-state index contributed by atoms with van der Waals surface area (Å²) in [4.78, 5) is 27.9. The van der Waals surface area contributed by atoms with Crippen molar-refractivity contribution in [2.45, 2.75) is 38.3 Å². The number of carboxylic acids is 1. The first-order valence-corrected chi connectivity index (χ1v) is 9.05. The first-order valence-electron chi connectivity index (χ1n) is 9.05. The number of carboxylic acid groups (broad SMARTS) is 1. The van der Waals surface area contributed by atoms with Crippen LogP contribution >= 0.6 is 0 Å². The van der Waals surface area contributed by atoms with E-state index >= 15 is 0 Å². The van der Waals surface area contributed by atoms with Crippen molar-refractivity contribution in [3.05, 3.63) is 35.4 Å². The highest BCUT2D eigenvalue weighted by molar-refractivity contribution is 5.94. The molecule has 136 valence electrons. The summed E-state index contributed by atoms with van der Waals surface area (Å²) in [7, 11) is 0. The van der Waals surface area contributed by atoms with E-state index in [2.05, 4.69) is 4.90 Å². The molecule has 2 aliphatic heterocycles. The minimum atomic E-state index is -0.912. The highest BCUT2D eigenvalue weighted by atomic mass is 16.5. The van der Waals surface area contributed by atoms with Crippen LogP contribution < -0.4 is 0 Å². The van der Waals surface area contributed by atoms with Crippen molar-refractivity contribution < 1.29 is 19.4 Å². The largest absolute Gasteiger partial charge is 0.481 e. The summed E-state index contributed by atoms with van der Waals surface area (Å²) in [5.41, 5.74) is 1.82. The molecule has 1 amide bonds. The lowest BCUT2D eigenvalue weighted by Gasteiger charge is -2.35. The quantitative estimate of drug-likeness (QED) is 0.883. The minimum Gasteiger partial charge on any atom is -0.481 e. The third-order valence-electron chi connectivity index (χ3n) is 4.95. The number of carbonyl (C=O) groups excluding carboxylic acids is 1. The van der Waals surface area contributed by atoms with Crippen molar-refractivity contribution in [2.24, 2.45) is 0 Å². The van der Waals surface area contributed by atoms with Crippen LogP contribution in [0.5, 0.6) is 0 Å². The number of rotatable bonds is 5. The maximum Gasteiger partial charge on any atom is 0.305 e. The van der Waals surface area contributed by atoms with E-state index in [1.807, 2.05) is 24.3 Å². The number of piperidine rings is 1. The molecular formula is C19H26N2O4. The summed E-state index contributed by atoms with van der Waals surface area (Å²) in [6.45, 7) is 4.39. The van der Waals surface area contributed by atoms with Crippen LogP contribution in [-0.4, -0.2) is 65.7 Å². The van der Waals surface area contributed by atoms with E-state index in [0.717, 1.165) is 19.6 Å². The van der Waals surface area contributed by atoms with E-state index in [4.69, 9.17) is 9.84 Å². The third-order valence-corrected chi connectivity index (χ3v) is 4.95. The van der Waals surface area contributed by atoms with Crippen LogP contribution in [0, 0.1) is 0 Å². The van der Waals surface area contributed by atoms with Crippen LogP contribution in [0.25, 0.3) is 0 Å². The molecule has 1 atom stereocenters. The van der Waals surface area contributed by atoms with Crippen molar-refractivity contribution in [2.75, 3.05) is 32.8 Å². The highest BCUT2D eigenvalue weighted by Crippen LogP contribution is 2.17. The number of nitrogens with zero attached hydrogens (tertiary/aromatic N) is 2. The molecule has 2 heterocycles. The van der Waals surface area contributed by atoms with Gasteiger partial charge in [-0.3, -0.25) is 14.5 Å². The number of ether oxygens (including phenoxy) is 1. The Morgan fingerprint density at radius 1 is 1.08 bits per heavy atom. The Bertz CT molecular complexity index is 596. The zero-order valence-corrected chi connectivity index (χ0v) is 14.5. The lowest BCUT2D eigenvalue weighted by molar-refractivity contribution is -0.139. The predicted molar refractivity (Wildman–Crippen MR) is 93.5 cm³/mol. The first kappa shape index (κ1) is 17.9. The molecule has 6 heteroatoms. The molecule has 0 spiro atoms. The zero-order chi connectivity index (χ0) is 17.6. The van der Waals surface area contributed by atoms with Gasteiger partial charge in [-0.25, -0.2) is 0 Å². The van der Waals surface area contributed by atoms with Gasteiger partial charge in [0, 0.05) is 18.7 Å². The summed E-state index contributed by atoms with van der Waals surface area (Å²) in [6, 6.07) is 7.33. The summed E-state index contributed by atoms with van der Waals surface area (Å²) >= 11 is 0. The van der Waals surface area contributed by atoms with E-state index in [1.165, 1.54) is 24.8 Å². The average molecular weight is 346 g/mol. The molecule has 2 aliphatic rings. The smallest absolute Gasteiger partial charge is 0.305 e. The van der Waals surface area contributed by atoms with Crippen molar-refractivity contribution in [1.82, 2.24) is 9.80 Å². The van der Waals surface area contributed by atoms with Crippen LogP contribution in [0.2, 0.25) is 0 Å². The number of aliphatic carboxylic acids is 1. The van der Waals surface area contributed by atoms with Gasteiger partial charge in [-0.1, -0.05) is 18.6 Å². The Hall–Kier alpha value is -1.92. The Kier molecular flexibility index (Phi) is 6.04. The van der Waals surface area contributed by atoms with Gasteiger partial charge in [0.05, 0.1) is 25.7 Å². The van der Waals surface area contributed by atoms with Gasteiger partial charge in [0.15, 0.2) is 0 Å². The van der Waals surface area contributed by atoms with Gasteiger partial charge < -0.3 is 14.7 Å². The molecule has 0 bridgehead atoms. The molecule has 0 aromatic heterocycles. The molecule has 0 aliphatic carbocycles. The SMILES string of the molecule is O=C(O)C[C@@H]1COCCN1C(=O)c1ccc(CN2CCCCC2)cc1. The van der Waals surface area contributed by atoms with Crippen molar-refractivity contribution in [3.63, 3.8) is 0 Å². The summed E-state index contributed by atoms with van der Waals surface area (Å²) in [6.07, 6.45) is 3.76. The molecule has 25 heavy (non-hydrogen) atoms. The Morgan fingerprint density at radius 2 is 1.80 bits per heavy atom. The lowest BCUT2D eigenvalue weighted by Crippen LogP contribution is -2.49. The fourth-order valence-electron chi connectivity index (χ4n) is 3.59. The number of likely N-dealkylation sites (tertiary alicyclic amines) is 1. The second-order valence-electron chi connectivity index (χ2n) is 6.86. The van der Waals surface area contributed by atoms with Gasteiger partial charge in [0.2, 0.25) is 0 Å². The number of hydrogen-bond acceptors (Lipinski definition) is 4. The minimum absolute atomic E-state index is 0.0845. The number of carbonyl (C=O) groups is 2. The molecule has 0 unspecified atom stereocenters. The molecule has 3 rings (SSSR count). The second kappa shape index (κ2) is 8.45. The molecule has 0 saturated carbocycles. The molecule has 2 saturated heterocycles. The highest BCUT2D eigenvalue weighted by Gasteiger charge is 2.29. The van der Waals surface area contributed by atoms with Crippen LogP contribution in [0.4, 0.5) is 0 Å². The number of morpholine rings is 1. The summed E-state index contributed by atoms with van der Waals surface area (Å²) in [5, 5.41) is 9.03. The van der Waals surface area contributed by atoms with Gasteiger partial charge in [-0.05, 0) is 43.6 Å². The second-order valence-corrected chi connectivity index (χ2v) is 6.86. The third kappa shape index (κ3) is 4.80. The first-order chi connectivity index (χ1) is 12.1. The number of hydrogen-bond donors (Lipinski definition) is 1. The predicted octanol–water partition coefficient (Wildman–Crippen LogP) is 1.99. The Balaban J connectivity index is 1.63. The van der Waals surface area contributed by atoms with Gasteiger partial charge in [0.25, 0.3) is 5.91 Å². The van der Waals surface area contributed by atoms with Crippen molar-refractivity contribution in [1.29, 1.82) is 0 Å². The van der Waals surface area contributed by atoms with Gasteiger partial charge in [0.1, 0.15) is 0 Å². The van der Waals surface area contributed by atoms with Crippen molar-refractivity contribution >= 4 is 11.9 Å². The topological polar surface area (TPSA) is 70.1 Å².